The lowest BCUT2D eigenvalue weighted by Crippen LogP contribution is -2.54. The van der Waals surface area contributed by atoms with E-state index in [1.807, 2.05) is 6.92 Å². The van der Waals surface area contributed by atoms with Crippen molar-refractivity contribution in [3.8, 4) is 0 Å². The van der Waals surface area contributed by atoms with Crippen LogP contribution in [0.4, 0.5) is 4.79 Å². The zero-order valence-corrected chi connectivity index (χ0v) is 16.3. The second kappa shape index (κ2) is 10.3. The first kappa shape index (κ1) is 19.6. The van der Waals surface area contributed by atoms with Crippen molar-refractivity contribution in [1.29, 1.82) is 0 Å². The molecule has 0 radical (unpaired) electrons. The van der Waals surface area contributed by atoms with Crippen molar-refractivity contribution in [3.63, 3.8) is 0 Å². The predicted molar refractivity (Wildman–Crippen MR) is 103 cm³/mol. The van der Waals surface area contributed by atoms with Crippen molar-refractivity contribution < 1.29 is 9.53 Å². The Morgan fingerprint density at radius 1 is 1.32 bits per heavy atom. The van der Waals surface area contributed by atoms with Crippen LogP contribution in [-0.4, -0.2) is 67.7 Å². The number of thiophene rings is 1. The van der Waals surface area contributed by atoms with Gasteiger partial charge in [-0.25, -0.2) is 4.79 Å². The minimum atomic E-state index is -0.214. The van der Waals surface area contributed by atoms with E-state index in [2.05, 4.69) is 41.6 Å². The molecule has 1 N–H and O–H groups in total. The smallest absolute Gasteiger partial charge is 0.409 e. The number of hydrogen-bond acceptors (Lipinski definition) is 4. The Morgan fingerprint density at radius 2 is 2.04 bits per heavy atom. The maximum atomic E-state index is 11.8. The molecule has 1 amide bonds. The molecule has 1 fully saturated rings. The molecule has 6 nitrogen and oxygen atoms in total. The number of ether oxygens (including phenoxy) is 1. The third kappa shape index (κ3) is 6.23. The molecule has 0 aliphatic carbocycles. The Balaban J connectivity index is 1.86. The van der Waals surface area contributed by atoms with Crippen LogP contribution in [0.25, 0.3) is 0 Å². The van der Waals surface area contributed by atoms with Gasteiger partial charge in [-0.05, 0) is 37.6 Å². The van der Waals surface area contributed by atoms with Gasteiger partial charge in [0.2, 0.25) is 0 Å². The number of nitrogens with one attached hydrogen (secondary N) is 1. The van der Waals surface area contributed by atoms with E-state index in [4.69, 9.17) is 9.73 Å². The van der Waals surface area contributed by atoms with Gasteiger partial charge in [-0.3, -0.25) is 4.99 Å². The summed E-state index contributed by atoms with van der Waals surface area (Å²) in [5.74, 6) is 1.46. The van der Waals surface area contributed by atoms with E-state index in [9.17, 15) is 4.79 Å². The summed E-state index contributed by atoms with van der Waals surface area (Å²) in [6.45, 7) is 11.1. The lowest BCUT2D eigenvalue weighted by Gasteiger charge is -2.36. The Bertz CT molecular complexity index is 539. The first-order valence-corrected chi connectivity index (χ1v) is 9.99. The van der Waals surface area contributed by atoms with E-state index in [0.29, 0.717) is 25.6 Å². The van der Waals surface area contributed by atoms with Gasteiger partial charge in [-0.1, -0.05) is 13.0 Å². The minimum absolute atomic E-state index is 0.214. The van der Waals surface area contributed by atoms with Crippen LogP contribution < -0.4 is 5.32 Å². The monoisotopic (exact) mass is 366 g/mol. The van der Waals surface area contributed by atoms with E-state index >= 15 is 0 Å². The summed E-state index contributed by atoms with van der Waals surface area (Å²) in [5.41, 5.74) is 0. The number of rotatable bonds is 6. The average molecular weight is 367 g/mol. The van der Waals surface area contributed by atoms with Crippen molar-refractivity contribution in [1.82, 2.24) is 15.1 Å². The molecule has 1 aliphatic heterocycles. The van der Waals surface area contributed by atoms with Gasteiger partial charge in [0, 0.05) is 44.1 Å². The fraction of sp³-hybridized carbons (Fsp3) is 0.667. The molecule has 1 aromatic rings. The van der Waals surface area contributed by atoms with Gasteiger partial charge in [0.1, 0.15) is 0 Å². The Hall–Kier alpha value is -1.76. The molecule has 0 aromatic carbocycles. The first-order valence-electron chi connectivity index (χ1n) is 9.11. The summed E-state index contributed by atoms with van der Waals surface area (Å²) >= 11 is 1.81. The van der Waals surface area contributed by atoms with Gasteiger partial charge in [-0.15, -0.1) is 11.3 Å². The fourth-order valence-corrected chi connectivity index (χ4v) is 3.69. The summed E-state index contributed by atoms with van der Waals surface area (Å²) in [7, 11) is 0. The van der Waals surface area contributed by atoms with Crippen LogP contribution in [-0.2, 0) is 11.2 Å². The average Bonchev–Trinajstić information content (AvgIpc) is 3.12. The molecule has 0 spiro atoms. The number of carbonyl (C=O) groups is 1. The van der Waals surface area contributed by atoms with Gasteiger partial charge in [0.25, 0.3) is 0 Å². The van der Waals surface area contributed by atoms with Gasteiger partial charge >= 0.3 is 6.09 Å². The third-order valence-corrected chi connectivity index (χ3v) is 5.02. The maximum absolute atomic E-state index is 11.8. The van der Waals surface area contributed by atoms with Crippen molar-refractivity contribution in [2.45, 2.75) is 27.2 Å². The summed E-state index contributed by atoms with van der Waals surface area (Å²) < 4.78 is 5.08. The number of hydrogen-bond donors (Lipinski definition) is 1. The normalized spacial score (nSPS) is 16.7. The van der Waals surface area contributed by atoms with E-state index in [-0.39, 0.29) is 6.09 Å². The number of carbonyl (C=O) groups excluding carboxylic acids is 1. The highest BCUT2D eigenvalue weighted by atomic mass is 32.1. The van der Waals surface area contributed by atoms with Crippen LogP contribution in [0.1, 0.15) is 25.6 Å². The second-order valence-corrected chi connectivity index (χ2v) is 7.29. The number of amides is 1. The standard InChI is InChI=1S/C18H30N4O2S/c1-4-19-17(20-14-15(3)13-16-7-6-12-25-16)21-8-10-22(11-9-21)18(23)24-5-2/h6-7,12,15H,4-5,8-11,13-14H2,1-3H3,(H,19,20). The Morgan fingerprint density at radius 3 is 2.64 bits per heavy atom. The zero-order chi connectivity index (χ0) is 18.1. The molecule has 140 valence electrons. The zero-order valence-electron chi connectivity index (χ0n) is 15.5. The molecule has 2 heterocycles. The molecule has 1 aliphatic rings. The molecule has 1 aromatic heterocycles. The second-order valence-electron chi connectivity index (χ2n) is 6.26. The van der Waals surface area contributed by atoms with Crippen molar-refractivity contribution in [3.05, 3.63) is 22.4 Å². The van der Waals surface area contributed by atoms with Crippen molar-refractivity contribution in [2.24, 2.45) is 10.9 Å². The summed E-state index contributed by atoms with van der Waals surface area (Å²) in [6.07, 6.45) is 0.852. The summed E-state index contributed by atoms with van der Waals surface area (Å²) in [4.78, 5) is 22.0. The lowest BCUT2D eigenvalue weighted by atomic mass is 10.1. The van der Waals surface area contributed by atoms with Crippen LogP contribution in [0, 0.1) is 5.92 Å². The molecule has 0 saturated carbocycles. The van der Waals surface area contributed by atoms with Crippen LogP contribution in [0.3, 0.4) is 0 Å². The Labute approximate surface area is 154 Å². The molecule has 25 heavy (non-hydrogen) atoms. The van der Waals surface area contributed by atoms with Crippen LogP contribution >= 0.6 is 11.3 Å². The molecule has 1 saturated heterocycles. The largest absolute Gasteiger partial charge is 0.450 e. The quantitative estimate of drug-likeness (QED) is 0.621. The minimum Gasteiger partial charge on any atom is -0.450 e. The fourth-order valence-electron chi connectivity index (χ4n) is 2.82. The molecule has 1 atom stereocenters. The number of nitrogens with zero attached hydrogens (tertiary/aromatic N) is 3. The molecule has 0 bridgehead atoms. The topological polar surface area (TPSA) is 57.2 Å². The van der Waals surface area contributed by atoms with E-state index in [0.717, 1.165) is 38.6 Å². The molecular formula is C18H30N4O2S. The SMILES string of the molecule is CCNC(=NCC(C)Cc1cccs1)N1CCN(C(=O)OCC)CC1. The summed E-state index contributed by atoms with van der Waals surface area (Å²) in [5, 5.41) is 5.50. The molecule has 2 rings (SSSR count). The predicted octanol–water partition coefficient (Wildman–Crippen LogP) is 2.67. The van der Waals surface area contributed by atoms with Gasteiger partial charge in [-0.2, -0.15) is 0 Å². The highest BCUT2D eigenvalue weighted by Gasteiger charge is 2.23. The molecule has 1 unspecified atom stereocenters. The molecular weight excluding hydrogens is 336 g/mol. The highest BCUT2D eigenvalue weighted by molar-refractivity contribution is 7.09. The van der Waals surface area contributed by atoms with Crippen LogP contribution in [0.2, 0.25) is 0 Å². The Kier molecular flexibility index (Phi) is 8.04. The number of guanidine groups is 1. The van der Waals surface area contributed by atoms with E-state index < -0.39 is 0 Å². The van der Waals surface area contributed by atoms with Gasteiger partial charge in [0.15, 0.2) is 5.96 Å². The van der Waals surface area contributed by atoms with Crippen molar-refractivity contribution in [2.75, 3.05) is 45.9 Å². The van der Waals surface area contributed by atoms with Gasteiger partial charge in [0.05, 0.1) is 6.61 Å². The van der Waals surface area contributed by atoms with Crippen LogP contribution in [0.15, 0.2) is 22.5 Å². The third-order valence-electron chi connectivity index (χ3n) is 4.12. The van der Waals surface area contributed by atoms with E-state index in [1.165, 1.54) is 4.88 Å². The lowest BCUT2D eigenvalue weighted by molar-refractivity contribution is 0.0914. The first-order chi connectivity index (χ1) is 12.1. The van der Waals surface area contributed by atoms with Crippen molar-refractivity contribution >= 4 is 23.4 Å². The summed E-state index contributed by atoms with van der Waals surface area (Å²) in [6, 6.07) is 4.29. The van der Waals surface area contributed by atoms with Gasteiger partial charge < -0.3 is 19.9 Å². The molecule has 7 heteroatoms. The highest BCUT2D eigenvalue weighted by Crippen LogP contribution is 2.14. The van der Waals surface area contributed by atoms with E-state index in [1.54, 1.807) is 16.2 Å². The number of piperazine rings is 1. The number of aliphatic imine (C=N–C) groups is 1. The van der Waals surface area contributed by atoms with Crippen LogP contribution in [0.5, 0.6) is 0 Å². The maximum Gasteiger partial charge on any atom is 0.409 e.